The van der Waals surface area contributed by atoms with Crippen LogP contribution in [0.15, 0.2) is 77.7 Å². The fourth-order valence-electron chi connectivity index (χ4n) is 5.43. The van der Waals surface area contributed by atoms with Crippen LogP contribution in [0, 0.1) is 13.8 Å². The normalized spacial score (nSPS) is 14.3. The second kappa shape index (κ2) is 13.9. The molecule has 3 aromatic carbocycles. The Morgan fingerprint density at radius 1 is 0.952 bits per heavy atom. The third-order valence-corrected chi connectivity index (χ3v) is 9.54. The molecule has 0 radical (unpaired) electrons. The van der Waals surface area contributed by atoms with Gasteiger partial charge < -0.3 is 15.0 Å². The molecule has 4 rings (SSSR count). The summed E-state index contributed by atoms with van der Waals surface area (Å²) >= 11 is 0. The number of amides is 2. The summed E-state index contributed by atoms with van der Waals surface area (Å²) in [5.41, 5.74) is 3.11. The highest BCUT2D eigenvalue weighted by Gasteiger charge is 2.34. The Balaban J connectivity index is 1.73. The molecule has 1 unspecified atom stereocenters. The lowest BCUT2D eigenvalue weighted by molar-refractivity contribution is -0.140. The summed E-state index contributed by atoms with van der Waals surface area (Å²) in [6.45, 7) is 5.41. The topological polar surface area (TPSA) is 96.0 Å². The summed E-state index contributed by atoms with van der Waals surface area (Å²) in [7, 11) is -2.64. The van der Waals surface area contributed by atoms with Gasteiger partial charge in [0.15, 0.2) is 0 Å². The summed E-state index contributed by atoms with van der Waals surface area (Å²) < 4.78 is 34.6. The minimum Gasteiger partial charge on any atom is -0.497 e. The Hall–Kier alpha value is -3.85. The van der Waals surface area contributed by atoms with E-state index in [1.165, 1.54) is 24.1 Å². The van der Waals surface area contributed by atoms with Gasteiger partial charge in [0.05, 0.1) is 17.7 Å². The highest BCUT2D eigenvalue weighted by atomic mass is 32.2. The molecule has 1 atom stereocenters. The molecule has 0 saturated heterocycles. The van der Waals surface area contributed by atoms with E-state index >= 15 is 0 Å². The van der Waals surface area contributed by atoms with Gasteiger partial charge >= 0.3 is 0 Å². The molecule has 1 fully saturated rings. The van der Waals surface area contributed by atoms with E-state index in [-0.39, 0.29) is 23.4 Å². The van der Waals surface area contributed by atoms with Crippen LogP contribution >= 0.6 is 0 Å². The van der Waals surface area contributed by atoms with Gasteiger partial charge in [0, 0.05) is 18.7 Å². The monoisotopic (exact) mass is 591 g/mol. The Morgan fingerprint density at radius 2 is 1.64 bits per heavy atom. The first-order valence-corrected chi connectivity index (χ1v) is 15.9. The number of hydrogen-bond acceptors (Lipinski definition) is 5. The van der Waals surface area contributed by atoms with Crippen LogP contribution in [0.3, 0.4) is 0 Å². The second-order valence-electron chi connectivity index (χ2n) is 11.0. The van der Waals surface area contributed by atoms with Crippen LogP contribution in [-0.2, 0) is 26.2 Å². The molecule has 3 aromatic rings. The van der Waals surface area contributed by atoms with E-state index in [1.807, 2.05) is 45.0 Å². The lowest BCUT2D eigenvalue weighted by Gasteiger charge is -2.34. The van der Waals surface area contributed by atoms with Crippen LogP contribution < -0.4 is 14.4 Å². The molecule has 0 bridgehead atoms. The number of benzene rings is 3. The smallest absolute Gasteiger partial charge is 0.264 e. The van der Waals surface area contributed by atoms with Crippen molar-refractivity contribution in [2.75, 3.05) is 18.0 Å². The molecule has 0 aromatic heterocycles. The van der Waals surface area contributed by atoms with Crippen LogP contribution in [0.25, 0.3) is 0 Å². The summed E-state index contributed by atoms with van der Waals surface area (Å²) in [5, 5.41) is 3.14. The van der Waals surface area contributed by atoms with Gasteiger partial charge in [-0.15, -0.1) is 0 Å². The number of rotatable bonds is 12. The van der Waals surface area contributed by atoms with E-state index in [2.05, 4.69) is 5.32 Å². The average molecular weight is 592 g/mol. The summed E-state index contributed by atoms with van der Waals surface area (Å²) in [6, 6.07) is 20.3. The molecule has 2 amide bonds. The van der Waals surface area contributed by atoms with Crippen molar-refractivity contribution >= 4 is 27.5 Å². The number of nitrogens with zero attached hydrogens (tertiary/aromatic N) is 2. The standard InChI is InChI=1S/C33H41N3O5S/c1-5-31(33(38)34-27-12-6-7-13-27)35(22-26-11-8-10-25(3)20-26)32(37)23-36(28-14-9-15-29(21-28)41-4)42(39,40)30-18-16-24(2)17-19-30/h8-11,14-21,27,31H,5-7,12-13,22-23H2,1-4H3,(H,34,38). The molecular formula is C33H41N3O5S. The number of anilines is 1. The lowest BCUT2D eigenvalue weighted by atomic mass is 10.1. The van der Waals surface area contributed by atoms with E-state index in [0.717, 1.165) is 46.7 Å². The molecule has 1 saturated carbocycles. The number of sulfonamides is 1. The van der Waals surface area contributed by atoms with Gasteiger partial charge in [-0.2, -0.15) is 0 Å². The van der Waals surface area contributed by atoms with E-state index in [9.17, 15) is 18.0 Å². The van der Waals surface area contributed by atoms with Crippen LogP contribution in [0.4, 0.5) is 5.69 Å². The first-order valence-electron chi connectivity index (χ1n) is 14.5. The van der Waals surface area contributed by atoms with Crippen molar-refractivity contribution in [2.45, 2.75) is 76.4 Å². The first-order chi connectivity index (χ1) is 20.1. The summed E-state index contributed by atoms with van der Waals surface area (Å²) in [6.07, 6.45) is 4.37. The van der Waals surface area contributed by atoms with Crippen LogP contribution in [0.5, 0.6) is 5.75 Å². The number of aryl methyl sites for hydroxylation is 2. The third kappa shape index (κ3) is 7.50. The molecule has 8 nitrogen and oxygen atoms in total. The van der Waals surface area contributed by atoms with Crippen molar-refractivity contribution < 1.29 is 22.7 Å². The largest absolute Gasteiger partial charge is 0.497 e. The van der Waals surface area contributed by atoms with E-state index in [1.54, 1.807) is 36.4 Å². The quantitative estimate of drug-likeness (QED) is 0.305. The Morgan fingerprint density at radius 3 is 2.29 bits per heavy atom. The maximum Gasteiger partial charge on any atom is 0.264 e. The van der Waals surface area contributed by atoms with Crippen molar-refractivity contribution in [3.63, 3.8) is 0 Å². The number of hydrogen-bond donors (Lipinski definition) is 1. The Kier molecular flexibility index (Phi) is 10.3. The van der Waals surface area contributed by atoms with Gasteiger partial charge in [0.1, 0.15) is 18.3 Å². The molecule has 9 heteroatoms. The van der Waals surface area contributed by atoms with E-state index in [0.29, 0.717) is 17.9 Å². The lowest BCUT2D eigenvalue weighted by Crippen LogP contribution is -2.53. The average Bonchev–Trinajstić information content (AvgIpc) is 3.49. The number of nitrogens with one attached hydrogen (secondary N) is 1. The highest BCUT2D eigenvalue weighted by Crippen LogP contribution is 2.28. The summed E-state index contributed by atoms with van der Waals surface area (Å²) in [4.78, 5) is 29.4. The van der Waals surface area contributed by atoms with Gasteiger partial charge in [-0.25, -0.2) is 8.42 Å². The molecule has 0 spiro atoms. The maximum atomic E-state index is 14.3. The van der Waals surface area contributed by atoms with Crippen molar-refractivity contribution in [3.8, 4) is 5.75 Å². The molecule has 224 valence electrons. The second-order valence-corrected chi connectivity index (χ2v) is 12.8. The van der Waals surface area contributed by atoms with Crippen LogP contribution in [0.2, 0.25) is 0 Å². The van der Waals surface area contributed by atoms with Crippen molar-refractivity contribution in [1.82, 2.24) is 10.2 Å². The SMILES string of the molecule is CCC(C(=O)NC1CCCC1)N(Cc1cccc(C)c1)C(=O)CN(c1cccc(OC)c1)S(=O)(=O)c1ccc(C)cc1. The Bertz CT molecular complexity index is 1480. The fraction of sp³-hybridized carbons (Fsp3) is 0.394. The summed E-state index contributed by atoms with van der Waals surface area (Å²) in [5.74, 6) is -0.216. The zero-order valence-corrected chi connectivity index (χ0v) is 25.7. The van der Waals surface area contributed by atoms with Crippen LogP contribution in [0.1, 0.15) is 55.7 Å². The van der Waals surface area contributed by atoms with Crippen molar-refractivity contribution in [3.05, 3.63) is 89.5 Å². The molecule has 1 N–H and O–H groups in total. The molecule has 0 heterocycles. The van der Waals surface area contributed by atoms with Crippen molar-refractivity contribution in [2.24, 2.45) is 0 Å². The van der Waals surface area contributed by atoms with Gasteiger partial charge in [0.25, 0.3) is 10.0 Å². The Labute approximate surface area is 249 Å². The zero-order chi connectivity index (χ0) is 30.3. The minimum atomic E-state index is -4.15. The number of methoxy groups -OCH3 is 1. The fourth-order valence-corrected chi connectivity index (χ4v) is 6.83. The van der Waals surface area contributed by atoms with Gasteiger partial charge in [-0.3, -0.25) is 13.9 Å². The zero-order valence-electron chi connectivity index (χ0n) is 24.9. The number of carbonyl (C=O) groups is 2. The van der Waals surface area contributed by atoms with Gasteiger partial charge in [-0.05, 0) is 62.9 Å². The maximum absolute atomic E-state index is 14.3. The predicted octanol–water partition coefficient (Wildman–Crippen LogP) is 5.37. The van der Waals surface area contributed by atoms with Crippen molar-refractivity contribution in [1.29, 1.82) is 0 Å². The molecule has 42 heavy (non-hydrogen) atoms. The molecular weight excluding hydrogens is 550 g/mol. The molecule has 1 aliphatic rings. The first kappa shape index (κ1) is 31.1. The third-order valence-electron chi connectivity index (χ3n) is 7.75. The van der Waals surface area contributed by atoms with Crippen LogP contribution in [-0.4, -0.2) is 50.9 Å². The van der Waals surface area contributed by atoms with Gasteiger partial charge in [0.2, 0.25) is 11.8 Å². The highest BCUT2D eigenvalue weighted by molar-refractivity contribution is 7.92. The van der Waals surface area contributed by atoms with E-state index in [4.69, 9.17) is 4.74 Å². The predicted molar refractivity (Wildman–Crippen MR) is 165 cm³/mol. The number of ether oxygens (including phenoxy) is 1. The molecule has 1 aliphatic carbocycles. The van der Waals surface area contributed by atoms with Gasteiger partial charge in [-0.1, -0.05) is 73.4 Å². The van der Waals surface area contributed by atoms with E-state index < -0.39 is 28.5 Å². The molecule has 0 aliphatic heterocycles. The number of carbonyl (C=O) groups excluding carboxylic acids is 2. The minimum absolute atomic E-state index is 0.0694.